The first-order chi connectivity index (χ1) is 7.81. The lowest BCUT2D eigenvalue weighted by Crippen LogP contribution is -2.40. The number of rotatable bonds is 5. The Morgan fingerprint density at radius 2 is 1.94 bits per heavy atom. The van der Waals surface area contributed by atoms with Crippen LogP contribution in [0.15, 0.2) is 0 Å². The van der Waals surface area contributed by atoms with E-state index in [0.717, 1.165) is 19.3 Å². The van der Waals surface area contributed by atoms with Crippen molar-refractivity contribution in [3.05, 3.63) is 0 Å². The molecule has 0 aromatic heterocycles. The van der Waals surface area contributed by atoms with Crippen LogP contribution in [0.25, 0.3) is 0 Å². The fourth-order valence-corrected chi connectivity index (χ4v) is 3.53. The molecule has 0 heterocycles. The zero-order chi connectivity index (χ0) is 13.1. The third-order valence-electron chi connectivity index (χ3n) is 3.82. The van der Waals surface area contributed by atoms with E-state index in [2.05, 4.69) is 34.4 Å². The second-order valence-corrected chi connectivity index (χ2v) is 7.83. The minimum atomic E-state index is -0.278. The first-order valence-corrected chi connectivity index (χ1v) is 8.24. The molecule has 0 N–H and O–H groups in total. The van der Waals surface area contributed by atoms with Crippen LogP contribution in [0.3, 0.4) is 0 Å². The molecule has 0 aromatic rings. The summed E-state index contributed by atoms with van der Waals surface area (Å²) >= 11 is 0. The van der Waals surface area contributed by atoms with Gasteiger partial charge in [-0.15, -0.1) is 8.58 Å². The molecule has 1 aliphatic carbocycles. The minimum Gasteiger partial charge on any atom is -0.459 e. The maximum atomic E-state index is 12.4. The molecule has 1 fully saturated rings. The summed E-state index contributed by atoms with van der Waals surface area (Å²) in [5.74, 6) is 0.563. The van der Waals surface area contributed by atoms with E-state index in [0.29, 0.717) is 14.5 Å². The van der Waals surface area contributed by atoms with E-state index in [1.165, 1.54) is 12.8 Å². The maximum Gasteiger partial charge on any atom is 0.316 e. The lowest BCUT2D eigenvalue weighted by atomic mass is 9.97. The summed E-state index contributed by atoms with van der Waals surface area (Å²) in [5.41, 5.74) is -0.186. The molecular formula is C14H27O2P. The van der Waals surface area contributed by atoms with Crippen LogP contribution in [-0.4, -0.2) is 23.4 Å². The summed E-state index contributed by atoms with van der Waals surface area (Å²) in [7, 11) is 0.610. The zero-order valence-corrected chi connectivity index (χ0v) is 12.9. The highest BCUT2D eigenvalue weighted by Crippen LogP contribution is 2.40. The Labute approximate surface area is 108 Å². The Morgan fingerprint density at radius 1 is 1.41 bits per heavy atom. The molecular weight excluding hydrogens is 231 g/mol. The van der Waals surface area contributed by atoms with Crippen molar-refractivity contribution in [2.24, 2.45) is 5.92 Å². The molecule has 0 saturated heterocycles. The van der Waals surface area contributed by atoms with Crippen LogP contribution in [0, 0.1) is 5.92 Å². The Morgan fingerprint density at radius 3 is 2.35 bits per heavy atom. The van der Waals surface area contributed by atoms with Gasteiger partial charge in [-0.25, -0.2) is 0 Å². The highest BCUT2D eigenvalue weighted by Gasteiger charge is 2.40. The van der Waals surface area contributed by atoms with Gasteiger partial charge in [-0.05, 0) is 58.5 Å². The molecule has 0 spiro atoms. The molecule has 0 aliphatic heterocycles. The summed E-state index contributed by atoms with van der Waals surface area (Å²) in [6.07, 6.45) is 5.38. The Kier molecular flexibility index (Phi) is 5.01. The van der Waals surface area contributed by atoms with Crippen LogP contribution in [0.1, 0.15) is 59.8 Å². The SMILES string of the molecule is CPC(C)(CC(C)C)C(=O)OC1(C)CCCC1. The van der Waals surface area contributed by atoms with Crippen LogP contribution in [0.4, 0.5) is 0 Å². The number of carbonyl (C=O) groups is 1. The summed E-state index contributed by atoms with van der Waals surface area (Å²) in [4.78, 5) is 12.4. The van der Waals surface area contributed by atoms with Crippen molar-refractivity contribution < 1.29 is 9.53 Å². The smallest absolute Gasteiger partial charge is 0.316 e. The molecule has 1 rings (SSSR count). The van der Waals surface area contributed by atoms with Gasteiger partial charge in [0.1, 0.15) is 5.60 Å². The third kappa shape index (κ3) is 3.95. The quantitative estimate of drug-likeness (QED) is 0.551. The summed E-state index contributed by atoms with van der Waals surface area (Å²) in [5, 5.41) is -0.278. The van der Waals surface area contributed by atoms with E-state index in [1.807, 2.05) is 0 Å². The predicted molar refractivity (Wildman–Crippen MR) is 75.1 cm³/mol. The number of hydrogen-bond donors (Lipinski definition) is 0. The molecule has 0 radical (unpaired) electrons. The number of esters is 1. The van der Waals surface area contributed by atoms with E-state index in [4.69, 9.17) is 4.74 Å². The van der Waals surface area contributed by atoms with E-state index < -0.39 is 0 Å². The van der Waals surface area contributed by atoms with Gasteiger partial charge >= 0.3 is 5.97 Å². The van der Waals surface area contributed by atoms with Crippen molar-refractivity contribution in [1.29, 1.82) is 0 Å². The fraction of sp³-hybridized carbons (Fsp3) is 0.929. The van der Waals surface area contributed by atoms with Gasteiger partial charge < -0.3 is 4.74 Å². The maximum absolute atomic E-state index is 12.4. The summed E-state index contributed by atoms with van der Waals surface area (Å²) < 4.78 is 5.82. The molecule has 0 aromatic carbocycles. The first kappa shape index (κ1) is 15.0. The molecule has 100 valence electrons. The third-order valence-corrected chi connectivity index (χ3v) is 5.33. The fourth-order valence-electron chi connectivity index (χ4n) is 2.67. The van der Waals surface area contributed by atoms with Crippen molar-refractivity contribution in [3.63, 3.8) is 0 Å². The van der Waals surface area contributed by atoms with Crippen molar-refractivity contribution in [3.8, 4) is 0 Å². The zero-order valence-electron chi connectivity index (χ0n) is 11.9. The van der Waals surface area contributed by atoms with Crippen molar-refractivity contribution in [2.45, 2.75) is 70.6 Å². The van der Waals surface area contributed by atoms with E-state index in [-0.39, 0.29) is 16.7 Å². The van der Waals surface area contributed by atoms with Gasteiger partial charge in [0.25, 0.3) is 0 Å². The van der Waals surface area contributed by atoms with Crippen molar-refractivity contribution >= 4 is 14.6 Å². The monoisotopic (exact) mass is 258 g/mol. The normalized spacial score (nSPS) is 23.2. The number of hydrogen-bond acceptors (Lipinski definition) is 2. The minimum absolute atomic E-state index is 0.0245. The van der Waals surface area contributed by atoms with Crippen LogP contribution in [-0.2, 0) is 9.53 Å². The van der Waals surface area contributed by atoms with Crippen molar-refractivity contribution in [1.82, 2.24) is 0 Å². The first-order valence-electron chi connectivity index (χ1n) is 6.74. The van der Waals surface area contributed by atoms with Gasteiger partial charge in [0.2, 0.25) is 0 Å². The van der Waals surface area contributed by atoms with Crippen molar-refractivity contribution in [2.75, 3.05) is 6.66 Å². The van der Waals surface area contributed by atoms with Gasteiger partial charge in [-0.3, -0.25) is 4.79 Å². The molecule has 0 bridgehead atoms. The highest BCUT2D eigenvalue weighted by atomic mass is 31.1. The van der Waals surface area contributed by atoms with Gasteiger partial charge in [0.15, 0.2) is 0 Å². The number of ether oxygens (including phenoxy) is 1. The highest BCUT2D eigenvalue weighted by molar-refractivity contribution is 7.40. The molecule has 2 unspecified atom stereocenters. The molecule has 1 aliphatic rings. The second-order valence-electron chi connectivity index (χ2n) is 6.23. The molecule has 2 atom stereocenters. The van der Waals surface area contributed by atoms with Gasteiger partial charge in [0, 0.05) is 0 Å². The van der Waals surface area contributed by atoms with Gasteiger partial charge in [0.05, 0.1) is 5.16 Å². The molecule has 17 heavy (non-hydrogen) atoms. The lowest BCUT2D eigenvalue weighted by molar-refractivity contribution is -0.160. The standard InChI is InChI=1S/C14H27O2P/c1-11(2)10-14(4,17-5)12(15)16-13(3)8-6-7-9-13/h11,17H,6-10H2,1-5H3. The van der Waals surface area contributed by atoms with Crippen LogP contribution in [0.5, 0.6) is 0 Å². The molecule has 2 nitrogen and oxygen atoms in total. The topological polar surface area (TPSA) is 26.3 Å². The molecule has 3 heteroatoms. The molecule has 0 amide bonds. The lowest BCUT2D eigenvalue weighted by Gasteiger charge is -2.33. The number of carbonyl (C=O) groups excluding carboxylic acids is 1. The van der Waals surface area contributed by atoms with Crippen LogP contribution < -0.4 is 0 Å². The Bertz CT molecular complexity index is 269. The Balaban J connectivity index is 2.66. The van der Waals surface area contributed by atoms with Crippen LogP contribution in [0.2, 0.25) is 0 Å². The Hall–Kier alpha value is -0.100. The van der Waals surface area contributed by atoms with E-state index in [9.17, 15) is 4.79 Å². The summed E-state index contributed by atoms with van der Waals surface area (Å²) in [6, 6.07) is 0. The average Bonchev–Trinajstić information content (AvgIpc) is 2.63. The van der Waals surface area contributed by atoms with E-state index >= 15 is 0 Å². The second kappa shape index (κ2) is 5.69. The molecule has 1 saturated carbocycles. The largest absolute Gasteiger partial charge is 0.459 e. The average molecular weight is 258 g/mol. The summed E-state index contributed by atoms with van der Waals surface area (Å²) in [6.45, 7) is 10.6. The van der Waals surface area contributed by atoms with Crippen LogP contribution >= 0.6 is 8.58 Å². The predicted octanol–water partition coefficient (Wildman–Crippen LogP) is 3.98. The van der Waals surface area contributed by atoms with E-state index in [1.54, 1.807) is 0 Å². The van der Waals surface area contributed by atoms with Gasteiger partial charge in [-0.2, -0.15) is 0 Å². The van der Waals surface area contributed by atoms with Gasteiger partial charge in [-0.1, -0.05) is 13.8 Å².